The summed E-state index contributed by atoms with van der Waals surface area (Å²) < 4.78 is 10.7. The monoisotopic (exact) mass is 414 g/mol. The van der Waals surface area contributed by atoms with Crippen LogP contribution in [0.25, 0.3) is 43.4 Å². The molecule has 6 aromatic rings. The lowest BCUT2D eigenvalue weighted by Crippen LogP contribution is -2.01. The van der Waals surface area contributed by atoms with E-state index < -0.39 is 0 Å². The van der Waals surface area contributed by atoms with Gasteiger partial charge in [0.1, 0.15) is 11.0 Å². The molecule has 0 atom stereocenters. The number of rotatable bonds is 3. The minimum atomic E-state index is 0.643. The summed E-state index contributed by atoms with van der Waals surface area (Å²) in [5.41, 5.74) is 9.50. The molecule has 0 aliphatic carbocycles. The SMILES string of the molecule is Cc1c2nccnc2c(CCc2c3nccnc3c(C)c3snnc23)c2onnc12. The van der Waals surface area contributed by atoms with Gasteiger partial charge < -0.3 is 4.52 Å². The van der Waals surface area contributed by atoms with E-state index in [1.54, 1.807) is 24.8 Å². The third-order valence-electron chi connectivity index (χ3n) is 5.54. The van der Waals surface area contributed by atoms with Crippen LogP contribution in [0.15, 0.2) is 29.3 Å². The fraction of sp³-hybridized carbons (Fsp3) is 0.200. The Bertz CT molecular complexity index is 1470. The molecular formula is C20H14N8OS. The number of benzene rings is 2. The minimum Gasteiger partial charge on any atom is -0.337 e. The molecule has 2 aromatic carbocycles. The van der Waals surface area contributed by atoms with Crippen molar-refractivity contribution in [1.29, 1.82) is 0 Å². The molecule has 0 radical (unpaired) electrons. The molecule has 0 N–H and O–H groups in total. The Morgan fingerprint density at radius 2 is 1.33 bits per heavy atom. The Kier molecular flexibility index (Phi) is 3.69. The lowest BCUT2D eigenvalue weighted by molar-refractivity contribution is 0.422. The first-order valence-electron chi connectivity index (χ1n) is 9.42. The molecule has 9 nitrogen and oxygen atoms in total. The molecular weight excluding hydrogens is 400 g/mol. The molecule has 10 heteroatoms. The summed E-state index contributed by atoms with van der Waals surface area (Å²) in [7, 11) is 0. The van der Waals surface area contributed by atoms with Gasteiger partial charge in [0.15, 0.2) is 5.58 Å². The average molecular weight is 414 g/mol. The molecule has 0 aliphatic heterocycles. The molecule has 0 fully saturated rings. The summed E-state index contributed by atoms with van der Waals surface area (Å²) in [5, 5.41) is 12.3. The molecule has 0 saturated heterocycles. The van der Waals surface area contributed by atoms with Gasteiger partial charge in [-0.25, -0.2) is 0 Å². The Morgan fingerprint density at radius 3 is 2.10 bits per heavy atom. The van der Waals surface area contributed by atoms with Gasteiger partial charge in [0.25, 0.3) is 0 Å². The standard InChI is InChI=1S/C20H14N8OS/c1-9-13-17(24-8-5-21-13)12(19-15(9)25-27-29-19)4-3-11-16-14(22-6-7-23-16)10(2)20-18(11)26-28-30-20/h5-8H,3-4H2,1-2H3. The first kappa shape index (κ1) is 17.2. The largest absolute Gasteiger partial charge is 0.337 e. The fourth-order valence-electron chi connectivity index (χ4n) is 4.09. The number of nitrogens with zero attached hydrogens (tertiary/aromatic N) is 8. The van der Waals surface area contributed by atoms with Crippen molar-refractivity contribution < 1.29 is 4.52 Å². The van der Waals surface area contributed by atoms with Gasteiger partial charge in [0.2, 0.25) is 0 Å². The van der Waals surface area contributed by atoms with Gasteiger partial charge in [-0.2, -0.15) is 0 Å². The zero-order chi connectivity index (χ0) is 20.2. The number of fused-ring (bicyclic) bond motifs is 4. The van der Waals surface area contributed by atoms with Crippen molar-refractivity contribution in [2.24, 2.45) is 0 Å². The predicted octanol–water partition coefficient (Wildman–Crippen LogP) is 3.52. The Labute approximate surface area is 173 Å². The highest BCUT2D eigenvalue weighted by atomic mass is 32.1. The maximum Gasteiger partial charge on any atom is 0.193 e. The van der Waals surface area contributed by atoms with Crippen molar-refractivity contribution in [3.05, 3.63) is 47.0 Å². The van der Waals surface area contributed by atoms with Crippen molar-refractivity contribution >= 4 is 54.9 Å². The lowest BCUT2D eigenvalue weighted by Gasteiger charge is -2.10. The summed E-state index contributed by atoms with van der Waals surface area (Å²) in [6.07, 6.45) is 8.11. The van der Waals surface area contributed by atoms with Crippen LogP contribution in [-0.4, -0.2) is 39.9 Å². The normalized spacial score (nSPS) is 11.9. The van der Waals surface area contributed by atoms with Crippen molar-refractivity contribution in [3.8, 4) is 0 Å². The second-order valence-electron chi connectivity index (χ2n) is 7.12. The van der Waals surface area contributed by atoms with Crippen LogP contribution >= 0.6 is 11.5 Å². The van der Waals surface area contributed by atoms with E-state index in [1.807, 2.05) is 13.8 Å². The number of hydrogen-bond donors (Lipinski definition) is 0. The van der Waals surface area contributed by atoms with E-state index in [2.05, 4.69) is 39.9 Å². The van der Waals surface area contributed by atoms with E-state index >= 15 is 0 Å². The molecule has 4 heterocycles. The molecule has 0 saturated carbocycles. The summed E-state index contributed by atoms with van der Waals surface area (Å²) in [6, 6.07) is 0. The summed E-state index contributed by atoms with van der Waals surface area (Å²) in [4.78, 5) is 18.3. The van der Waals surface area contributed by atoms with Gasteiger partial charge in [-0.15, -0.1) is 10.2 Å². The average Bonchev–Trinajstić information content (AvgIpc) is 3.46. The quantitative estimate of drug-likeness (QED) is 0.429. The first-order valence-corrected chi connectivity index (χ1v) is 10.2. The van der Waals surface area contributed by atoms with Crippen LogP contribution in [0.1, 0.15) is 22.3 Å². The topological polar surface area (TPSA) is 116 Å². The molecule has 6 rings (SSSR count). The predicted molar refractivity (Wildman–Crippen MR) is 112 cm³/mol. The van der Waals surface area contributed by atoms with Crippen LogP contribution in [0.3, 0.4) is 0 Å². The van der Waals surface area contributed by atoms with E-state index in [9.17, 15) is 0 Å². The number of aromatic nitrogens is 8. The van der Waals surface area contributed by atoms with Gasteiger partial charge in [-0.1, -0.05) is 4.49 Å². The van der Waals surface area contributed by atoms with Crippen molar-refractivity contribution in [2.45, 2.75) is 26.7 Å². The smallest absolute Gasteiger partial charge is 0.193 e. The second-order valence-corrected chi connectivity index (χ2v) is 7.87. The molecule has 0 unspecified atom stereocenters. The summed E-state index contributed by atoms with van der Waals surface area (Å²) in [6.45, 7) is 4.00. The first-order chi connectivity index (χ1) is 14.7. The van der Waals surface area contributed by atoms with Crippen molar-refractivity contribution in [3.63, 3.8) is 0 Å². The van der Waals surface area contributed by atoms with Gasteiger partial charge in [-0.3, -0.25) is 19.9 Å². The van der Waals surface area contributed by atoms with E-state index in [1.165, 1.54) is 11.5 Å². The second kappa shape index (κ2) is 6.42. The Hall–Kier alpha value is -3.66. The maximum absolute atomic E-state index is 5.52. The van der Waals surface area contributed by atoms with Crippen LogP contribution in [0.5, 0.6) is 0 Å². The molecule has 146 valence electrons. The van der Waals surface area contributed by atoms with Gasteiger partial charge in [0.05, 0.1) is 26.8 Å². The molecule has 0 spiro atoms. The van der Waals surface area contributed by atoms with E-state index in [0.29, 0.717) is 23.9 Å². The van der Waals surface area contributed by atoms with E-state index in [0.717, 1.165) is 54.5 Å². The maximum atomic E-state index is 5.52. The molecule has 0 amide bonds. The number of aryl methyl sites for hydroxylation is 4. The number of hydrogen-bond acceptors (Lipinski definition) is 10. The van der Waals surface area contributed by atoms with Crippen molar-refractivity contribution in [1.82, 2.24) is 39.9 Å². The van der Waals surface area contributed by atoms with E-state index in [4.69, 9.17) is 4.52 Å². The highest BCUT2D eigenvalue weighted by Crippen LogP contribution is 2.34. The van der Waals surface area contributed by atoms with Crippen LogP contribution in [-0.2, 0) is 12.8 Å². The minimum absolute atomic E-state index is 0.643. The lowest BCUT2D eigenvalue weighted by atomic mass is 9.97. The Balaban J connectivity index is 1.57. The van der Waals surface area contributed by atoms with Crippen LogP contribution in [0, 0.1) is 13.8 Å². The third-order valence-corrected chi connectivity index (χ3v) is 6.38. The highest BCUT2D eigenvalue weighted by molar-refractivity contribution is 7.13. The zero-order valence-electron chi connectivity index (χ0n) is 16.1. The molecule has 0 aliphatic rings. The van der Waals surface area contributed by atoms with Crippen molar-refractivity contribution in [2.75, 3.05) is 0 Å². The Morgan fingerprint density at radius 1 is 0.700 bits per heavy atom. The van der Waals surface area contributed by atoms with Crippen LogP contribution in [0.2, 0.25) is 0 Å². The molecule has 30 heavy (non-hydrogen) atoms. The zero-order valence-corrected chi connectivity index (χ0v) is 16.9. The molecule has 0 bridgehead atoms. The van der Waals surface area contributed by atoms with Gasteiger partial charge in [0, 0.05) is 46.7 Å². The molecule has 4 aromatic heterocycles. The highest BCUT2D eigenvalue weighted by Gasteiger charge is 2.21. The third kappa shape index (κ3) is 2.34. The summed E-state index contributed by atoms with van der Waals surface area (Å²) >= 11 is 1.38. The van der Waals surface area contributed by atoms with Gasteiger partial charge >= 0.3 is 0 Å². The van der Waals surface area contributed by atoms with Crippen LogP contribution < -0.4 is 0 Å². The van der Waals surface area contributed by atoms with Crippen LogP contribution in [0.4, 0.5) is 0 Å². The van der Waals surface area contributed by atoms with Gasteiger partial charge in [-0.05, 0) is 43.8 Å². The fourth-order valence-corrected chi connectivity index (χ4v) is 4.78. The van der Waals surface area contributed by atoms with E-state index in [-0.39, 0.29) is 0 Å². The summed E-state index contributed by atoms with van der Waals surface area (Å²) in [5.74, 6) is 0.